The number of rotatable bonds is 8. The van der Waals surface area contributed by atoms with Crippen LogP contribution >= 0.6 is 0 Å². The molecule has 0 atom stereocenters. The Morgan fingerprint density at radius 2 is 1.67 bits per heavy atom. The number of benzene rings is 2. The van der Waals surface area contributed by atoms with Gasteiger partial charge in [0, 0.05) is 37.7 Å². The van der Waals surface area contributed by atoms with Crippen LogP contribution in [-0.2, 0) is 33.7 Å². The van der Waals surface area contributed by atoms with Gasteiger partial charge in [0.25, 0.3) is 0 Å². The molecule has 2 fully saturated rings. The van der Waals surface area contributed by atoms with Gasteiger partial charge in [0.05, 0.1) is 5.75 Å². The molecular weight excluding hydrogens is 441 g/mol. The van der Waals surface area contributed by atoms with Crippen LogP contribution in [0.5, 0.6) is 0 Å². The van der Waals surface area contributed by atoms with Crippen molar-refractivity contribution < 1.29 is 17.6 Å². The number of sulfonamides is 1. The molecule has 1 N–H and O–H groups in total. The Morgan fingerprint density at radius 1 is 0.970 bits per heavy atom. The molecule has 0 saturated carbocycles. The smallest absolute Gasteiger partial charge is 0.223 e. The highest BCUT2D eigenvalue weighted by molar-refractivity contribution is 7.88. The van der Waals surface area contributed by atoms with Crippen LogP contribution in [0.2, 0.25) is 0 Å². The number of piperidine rings is 1. The second-order valence-electron chi connectivity index (χ2n) is 9.04. The summed E-state index contributed by atoms with van der Waals surface area (Å²) in [6.45, 7) is 4.27. The molecule has 178 valence electrons. The predicted octanol–water partition coefficient (Wildman–Crippen LogP) is 3.28. The molecule has 2 aliphatic rings. The van der Waals surface area contributed by atoms with Gasteiger partial charge in [-0.15, -0.1) is 0 Å². The molecule has 0 spiro atoms. The maximum atomic E-state index is 13.9. The van der Waals surface area contributed by atoms with Crippen molar-refractivity contribution in [2.24, 2.45) is 5.92 Å². The summed E-state index contributed by atoms with van der Waals surface area (Å²) < 4.78 is 40.7. The highest BCUT2D eigenvalue weighted by Crippen LogP contribution is 2.23. The summed E-state index contributed by atoms with van der Waals surface area (Å²) in [5.41, 5.74) is 2.51. The van der Waals surface area contributed by atoms with Gasteiger partial charge >= 0.3 is 0 Å². The molecule has 8 heteroatoms. The molecule has 0 unspecified atom stereocenters. The second-order valence-corrected chi connectivity index (χ2v) is 11.0. The van der Waals surface area contributed by atoms with Crippen molar-refractivity contribution in [2.45, 2.75) is 44.5 Å². The van der Waals surface area contributed by atoms with Gasteiger partial charge in [0.15, 0.2) is 0 Å². The van der Waals surface area contributed by atoms with E-state index in [1.54, 1.807) is 12.1 Å². The summed E-state index contributed by atoms with van der Waals surface area (Å²) in [5, 5.41) is 3.02. The second kappa shape index (κ2) is 10.8. The number of amides is 1. The van der Waals surface area contributed by atoms with Crippen LogP contribution in [0, 0.1) is 11.7 Å². The lowest BCUT2D eigenvalue weighted by Gasteiger charge is -2.30. The van der Waals surface area contributed by atoms with Crippen LogP contribution in [0.4, 0.5) is 4.39 Å². The lowest BCUT2D eigenvalue weighted by Crippen LogP contribution is -2.43. The third-order valence-corrected chi connectivity index (χ3v) is 8.40. The molecule has 33 heavy (non-hydrogen) atoms. The van der Waals surface area contributed by atoms with Gasteiger partial charge in [0.1, 0.15) is 5.82 Å². The maximum absolute atomic E-state index is 13.9. The summed E-state index contributed by atoms with van der Waals surface area (Å²) in [4.78, 5) is 15.1. The summed E-state index contributed by atoms with van der Waals surface area (Å²) in [7, 11) is -3.62. The standard InChI is InChI=1S/C25H32FN3O3S/c26-24-9-2-1-8-23(24)19-33(31,32)29-14-10-22(11-15-29)25(30)27-17-20-6-5-7-21(16-20)18-28-12-3-4-13-28/h1-2,5-9,16,22H,3-4,10-15,17-19H2,(H,27,30). The van der Waals surface area contributed by atoms with E-state index in [0.717, 1.165) is 25.2 Å². The van der Waals surface area contributed by atoms with E-state index in [2.05, 4.69) is 22.3 Å². The van der Waals surface area contributed by atoms with Crippen LogP contribution in [-0.4, -0.2) is 49.7 Å². The molecule has 0 aromatic heterocycles. The van der Waals surface area contributed by atoms with E-state index in [-0.39, 0.29) is 36.2 Å². The molecule has 1 amide bonds. The van der Waals surface area contributed by atoms with Crippen molar-refractivity contribution in [3.05, 3.63) is 71.0 Å². The number of carbonyl (C=O) groups is 1. The molecule has 2 saturated heterocycles. The van der Waals surface area contributed by atoms with Crippen LogP contribution < -0.4 is 5.32 Å². The van der Waals surface area contributed by atoms with Crippen LogP contribution in [0.1, 0.15) is 42.4 Å². The lowest BCUT2D eigenvalue weighted by molar-refractivity contribution is -0.126. The molecule has 6 nitrogen and oxygen atoms in total. The topological polar surface area (TPSA) is 69.7 Å². The summed E-state index contributed by atoms with van der Waals surface area (Å²) in [5.74, 6) is -1.12. The zero-order chi connectivity index (χ0) is 23.3. The van der Waals surface area contributed by atoms with E-state index in [1.165, 1.54) is 34.8 Å². The number of hydrogen-bond donors (Lipinski definition) is 1. The first-order valence-corrected chi connectivity index (χ1v) is 13.3. The lowest BCUT2D eigenvalue weighted by atomic mass is 9.97. The minimum absolute atomic E-state index is 0.0360. The highest BCUT2D eigenvalue weighted by atomic mass is 32.2. The van der Waals surface area contributed by atoms with Crippen molar-refractivity contribution in [3.63, 3.8) is 0 Å². The van der Waals surface area contributed by atoms with Crippen LogP contribution in [0.15, 0.2) is 48.5 Å². The van der Waals surface area contributed by atoms with E-state index in [4.69, 9.17) is 0 Å². The van der Waals surface area contributed by atoms with Gasteiger partial charge in [0.2, 0.25) is 15.9 Å². The SMILES string of the molecule is O=C(NCc1cccc(CN2CCCC2)c1)C1CCN(S(=O)(=O)Cc2ccccc2F)CC1. The number of halogens is 1. The van der Waals surface area contributed by atoms with Gasteiger partial charge in [-0.2, -0.15) is 0 Å². The minimum atomic E-state index is -3.62. The Morgan fingerprint density at radius 3 is 2.39 bits per heavy atom. The fourth-order valence-corrected chi connectivity index (χ4v) is 6.25. The first kappa shape index (κ1) is 23.9. The molecule has 0 bridgehead atoms. The number of likely N-dealkylation sites (tertiary alicyclic amines) is 1. The summed E-state index contributed by atoms with van der Waals surface area (Å²) in [6, 6.07) is 14.3. The van der Waals surface area contributed by atoms with E-state index >= 15 is 0 Å². The molecular formula is C25H32FN3O3S. The fraction of sp³-hybridized carbons (Fsp3) is 0.480. The summed E-state index contributed by atoms with van der Waals surface area (Å²) >= 11 is 0. The van der Waals surface area contributed by atoms with E-state index < -0.39 is 15.8 Å². The van der Waals surface area contributed by atoms with Crippen LogP contribution in [0.3, 0.4) is 0 Å². The van der Waals surface area contributed by atoms with Gasteiger partial charge in [-0.3, -0.25) is 9.69 Å². The predicted molar refractivity (Wildman–Crippen MR) is 126 cm³/mol. The van der Waals surface area contributed by atoms with Gasteiger partial charge < -0.3 is 5.32 Å². The normalized spacial score (nSPS) is 18.5. The Bertz CT molecular complexity index is 1060. The third kappa shape index (κ3) is 6.40. The van der Waals surface area contributed by atoms with E-state index in [0.29, 0.717) is 19.4 Å². The average Bonchev–Trinajstić information content (AvgIpc) is 3.32. The summed E-state index contributed by atoms with van der Waals surface area (Å²) in [6.07, 6.45) is 3.46. The number of nitrogens with one attached hydrogen (secondary N) is 1. The van der Waals surface area contributed by atoms with Crippen molar-refractivity contribution in [1.82, 2.24) is 14.5 Å². The van der Waals surface area contributed by atoms with Crippen molar-refractivity contribution >= 4 is 15.9 Å². The number of nitrogens with zero attached hydrogens (tertiary/aromatic N) is 2. The Hall–Kier alpha value is -2.29. The number of carbonyl (C=O) groups excluding carboxylic acids is 1. The molecule has 0 radical (unpaired) electrons. The quantitative estimate of drug-likeness (QED) is 0.639. The molecule has 2 aliphatic heterocycles. The van der Waals surface area contributed by atoms with Gasteiger partial charge in [-0.1, -0.05) is 42.5 Å². The van der Waals surface area contributed by atoms with Crippen molar-refractivity contribution in [2.75, 3.05) is 26.2 Å². The zero-order valence-electron chi connectivity index (χ0n) is 18.9. The largest absolute Gasteiger partial charge is 0.352 e. The molecule has 2 aromatic rings. The first-order chi connectivity index (χ1) is 15.9. The highest BCUT2D eigenvalue weighted by Gasteiger charge is 2.31. The Kier molecular flexibility index (Phi) is 7.78. The number of hydrogen-bond acceptors (Lipinski definition) is 4. The average molecular weight is 474 g/mol. The maximum Gasteiger partial charge on any atom is 0.223 e. The fourth-order valence-electron chi connectivity index (χ4n) is 4.67. The van der Waals surface area contributed by atoms with Crippen molar-refractivity contribution in [1.29, 1.82) is 0 Å². The minimum Gasteiger partial charge on any atom is -0.352 e. The molecule has 0 aliphatic carbocycles. The first-order valence-electron chi connectivity index (χ1n) is 11.7. The van der Waals surface area contributed by atoms with Gasteiger partial charge in [-0.05, 0) is 56.0 Å². The molecule has 2 heterocycles. The molecule has 2 aromatic carbocycles. The van der Waals surface area contributed by atoms with E-state index in [1.807, 2.05) is 12.1 Å². The van der Waals surface area contributed by atoms with E-state index in [9.17, 15) is 17.6 Å². The third-order valence-electron chi connectivity index (χ3n) is 6.58. The Balaban J connectivity index is 1.25. The Labute approximate surface area is 195 Å². The zero-order valence-corrected chi connectivity index (χ0v) is 19.7. The van der Waals surface area contributed by atoms with Crippen molar-refractivity contribution in [3.8, 4) is 0 Å². The van der Waals surface area contributed by atoms with Gasteiger partial charge in [-0.25, -0.2) is 17.1 Å². The monoisotopic (exact) mass is 473 g/mol. The molecule has 4 rings (SSSR count). The van der Waals surface area contributed by atoms with Crippen LogP contribution in [0.25, 0.3) is 0 Å².